The molecule has 6 nitrogen and oxygen atoms in total. The Kier molecular flexibility index (Phi) is 6.87. The molecule has 0 aromatic heterocycles. The molecule has 1 heterocycles. The van der Waals surface area contributed by atoms with E-state index in [0.29, 0.717) is 50.4 Å². The summed E-state index contributed by atoms with van der Waals surface area (Å²) in [7, 11) is -3.41. The normalized spacial score (nSPS) is 15.3. The topological polar surface area (TPSA) is 69.7 Å². The highest BCUT2D eigenvalue weighted by Gasteiger charge is 2.27. The lowest BCUT2D eigenvalue weighted by Crippen LogP contribution is -2.49. The summed E-state index contributed by atoms with van der Waals surface area (Å²) in [6, 6.07) is 13.8. The van der Waals surface area contributed by atoms with Crippen LogP contribution in [0.3, 0.4) is 0 Å². The highest BCUT2D eigenvalue weighted by Crippen LogP contribution is 2.21. The molecule has 1 saturated heterocycles. The van der Waals surface area contributed by atoms with Crippen molar-refractivity contribution >= 4 is 21.6 Å². The molecule has 29 heavy (non-hydrogen) atoms. The number of rotatable bonds is 7. The summed E-state index contributed by atoms with van der Waals surface area (Å²) in [5.41, 5.74) is 2.07. The molecule has 1 aliphatic heterocycles. The zero-order valence-electron chi connectivity index (χ0n) is 16.5. The maximum Gasteiger partial charge on any atom is 0.251 e. The number of piperazine rings is 1. The average molecular weight is 420 g/mol. The van der Waals surface area contributed by atoms with Crippen LogP contribution < -0.4 is 10.2 Å². The van der Waals surface area contributed by atoms with E-state index in [0.717, 1.165) is 5.56 Å². The highest BCUT2D eigenvalue weighted by atomic mass is 32.2. The van der Waals surface area contributed by atoms with Crippen LogP contribution >= 0.6 is 0 Å². The van der Waals surface area contributed by atoms with Crippen LogP contribution in [0.15, 0.2) is 48.5 Å². The van der Waals surface area contributed by atoms with Crippen molar-refractivity contribution in [3.63, 3.8) is 0 Å². The monoisotopic (exact) mass is 419 g/mol. The quantitative estimate of drug-likeness (QED) is 0.700. The molecule has 0 saturated carbocycles. The van der Waals surface area contributed by atoms with Crippen LogP contribution in [0.2, 0.25) is 0 Å². The number of anilines is 1. The molecule has 0 atom stereocenters. The number of halogens is 1. The molecule has 0 unspecified atom stereocenters. The van der Waals surface area contributed by atoms with Crippen LogP contribution in [0.5, 0.6) is 0 Å². The molecule has 3 rings (SSSR count). The van der Waals surface area contributed by atoms with E-state index in [1.54, 1.807) is 30.3 Å². The number of aryl methyl sites for hydroxylation is 1. The lowest BCUT2D eigenvalue weighted by Gasteiger charge is -2.35. The first-order valence-corrected chi connectivity index (χ1v) is 11.3. The van der Waals surface area contributed by atoms with Gasteiger partial charge in [0.05, 0.1) is 11.4 Å². The molecule has 1 aliphatic rings. The van der Waals surface area contributed by atoms with E-state index in [1.165, 1.54) is 10.4 Å². The summed E-state index contributed by atoms with van der Waals surface area (Å²) >= 11 is 0. The Bertz CT molecular complexity index is 957. The van der Waals surface area contributed by atoms with E-state index in [9.17, 15) is 17.6 Å². The van der Waals surface area contributed by atoms with Crippen LogP contribution in [0, 0.1) is 12.7 Å². The van der Waals surface area contributed by atoms with Gasteiger partial charge in [0, 0.05) is 38.3 Å². The predicted molar refractivity (Wildman–Crippen MR) is 112 cm³/mol. The van der Waals surface area contributed by atoms with Crippen LogP contribution in [-0.4, -0.2) is 57.1 Å². The number of sulfonamides is 1. The summed E-state index contributed by atoms with van der Waals surface area (Å²) in [5, 5.41) is 2.76. The second-order valence-electron chi connectivity index (χ2n) is 7.13. The highest BCUT2D eigenvalue weighted by molar-refractivity contribution is 7.89. The first kappa shape index (κ1) is 21.3. The molecule has 156 valence electrons. The minimum absolute atomic E-state index is 0.0270. The minimum atomic E-state index is -3.41. The van der Waals surface area contributed by atoms with Crippen LogP contribution in [0.1, 0.15) is 22.3 Å². The van der Waals surface area contributed by atoms with Gasteiger partial charge in [-0.1, -0.05) is 29.8 Å². The van der Waals surface area contributed by atoms with Gasteiger partial charge in [0.15, 0.2) is 0 Å². The molecular formula is C21H26FN3O3S. The SMILES string of the molecule is Cc1cccc(C(=O)NCCCS(=O)(=O)N2CCN(c3ccccc3F)CC2)c1. The summed E-state index contributed by atoms with van der Waals surface area (Å²) in [6.07, 6.45) is 0.341. The van der Waals surface area contributed by atoms with Gasteiger partial charge >= 0.3 is 0 Å². The lowest BCUT2D eigenvalue weighted by molar-refractivity contribution is 0.0953. The molecular weight excluding hydrogens is 393 g/mol. The predicted octanol–water partition coefficient (Wildman–Crippen LogP) is 2.41. The average Bonchev–Trinajstić information content (AvgIpc) is 2.71. The fourth-order valence-corrected chi connectivity index (χ4v) is 4.88. The number of para-hydroxylation sites is 1. The third-order valence-electron chi connectivity index (χ3n) is 4.97. The summed E-state index contributed by atoms with van der Waals surface area (Å²) in [4.78, 5) is 14.0. The van der Waals surface area contributed by atoms with Gasteiger partial charge in [-0.25, -0.2) is 12.8 Å². The Hall–Kier alpha value is -2.45. The Morgan fingerprint density at radius 3 is 2.48 bits per heavy atom. The zero-order valence-corrected chi connectivity index (χ0v) is 17.3. The van der Waals surface area contributed by atoms with E-state index in [2.05, 4.69) is 5.32 Å². The number of hydrogen-bond acceptors (Lipinski definition) is 4. The summed E-state index contributed by atoms with van der Waals surface area (Å²) in [5.74, 6) is -0.529. The van der Waals surface area contributed by atoms with Gasteiger partial charge in [0.1, 0.15) is 5.82 Å². The number of nitrogens with one attached hydrogen (secondary N) is 1. The Balaban J connectivity index is 1.44. The van der Waals surface area contributed by atoms with Gasteiger partial charge in [0.25, 0.3) is 5.91 Å². The fourth-order valence-electron chi connectivity index (χ4n) is 3.39. The molecule has 0 aliphatic carbocycles. The molecule has 2 aromatic rings. The van der Waals surface area contributed by atoms with E-state index in [1.807, 2.05) is 24.0 Å². The summed E-state index contributed by atoms with van der Waals surface area (Å²) in [6.45, 7) is 3.75. The van der Waals surface area contributed by atoms with Crippen molar-refractivity contribution in [1.82, 2.24) is 9.62 Å². The third kappa shape index (κ3) is 5.55. The van der Waals surface area contributed by atoms with Crippen molar-refractivity contribution in [1.29, 1.82) is 0 Å². The van der Waals surface area contributed by atoms with Gasteiger partial charge in [-0.05, 0) is 37.6 Å². The molecule has 1 N–H and O–H groups in total. The van der Waals surface area contributed by atoms with Crippen molar-refractivity contribution in [3.05, 3.63) is 65.5 Å². The van der Waals surface area contributed by atoms with Crippen LogP contribution in [-0.2, 0) is 10.0 Å². The molecule has 1 fully saturated rings. The van der Waals surface area contributed by atoms with Crippen LogP contribution in [0.25, 0.3) is 0 Å². The second-order valence-corrected chi connectivity index (χ2v) is 9.22. The van der Waals surface area contributed by atoms with Crippen molar-refractivity contribution in [3.8, 4) is 0 Å². The molecule has 8 heteroatoms. The first-order chi connectivity index (χ1) is 13.9. The number of carbonyl (C=O) groups is 1. The number of hydrogen-bond donors (Lipinski definition) is 1. The summed E-state index contributed by atoms with van der Waals surface area (Å²) < 4.78 is 40.5. The van der Waals surface area contributed by atoms with Crippen molar-refractivity contribution in [2.24, 2.45) is 0 Å². The Labute approximate surface area is 171 Å². The zero-order chi connectivity index (χ0) is 20.9. The van der Waals surface area contributed by atoms with E-state index < -0.39 is 10.0 Å². The second kappa shape index (κ2) is 9.37. The minimum Gasteiger partial charge on any atom is -0.367 e. The maximum atomic E-state index is 13.9. The first-order valence-electron chi connectivity index (χ1n) is 9.69. The van der Waals surface area contributed by atoms with E-state index in [4.69, 9.17) is 0 Å². The Morgan fingerprint density at radius 1 is 1.07 bits per heavy atom. The van der Waals surface area contributed by atoms with Crippen LogP contribution in [0.4, 0.5) is 10.1 Å². The number of amides is 1. The number of carbonyl (C=O) groups excluding carboxylic acids is 1. The Morgan fingerprint density at radius 2 is 1.79 bits per heavy atom. The van der Waals surface area contributed by atoms with Gasteiger partial charge < -0.3 is 10.2 Å². The molecule has 1 amide bonds. The molecule has 2 aromatic carbocycles. The van der Waals surface area contributed by atoms with E-state index >= 15 is 0 Å². The number of nitrogens with zero attached hydrogens (tertiary/aromatic N) is 2. The van der Waals surface area contributed by atoms with E-state index in [-0.39, 0.29) is 17.5 Å². The number of benzene rings is 2. The van der Waals surface area contributed by atoms with Crippen molar-refractivity contribution < 1.29 is 17.6 Å². The standard InChI is InChI=1S/C21H26FN3O3S/c1-17-6-4-7-18(16-17)21(26)23-10-5-15-29(27,28)25-13-11-24(12-14-25)20-9-3-2-8-19(20)22/h2-4,6-9,16H,5,10-15H2,1H3,(H,23,26). The van der Waals surface area contributed by atoms with Crippen molar-refractivity contribution in [2.45, 2.75) is 13.3 Å². The molecule has 0 bridgehead atoms. The van der Waals surface area contributed by atoms with Crippen molar-refractivity contribution in [2.75, 3.05) is 43.4 Å². The largest absolute Gasteiger partial charge is 0.367 e. The third-order valence-corrected chi connectivity index (χ3v) is 6.93. The smallest absolute Gasteiger partial charge is 0.251 e. The fraction of sp³-hybridized carbons (Fsp3) is 0.381. The van der Waals surface area contributed by atoms with Gasteiger partial charge in [0.2, 0.25) is 10.0 Å². The molecule has 0 radical (unpaired) electrons. The maximum absolute atomic E-state index is 13.9. The molecule has 0 spiro atoms. The van der Waals surface area contributed by atoms with Gasteiger partial charge in [-0.2, -0.15) is 4.31 Å². The lowest BCUT2D eigenvalue weighted by atomic mass is 10.1. The van der Waals surface area contributed by atoms with Gasteiger partial charge in [-0.3, -0.25) is 4.79 Å². The van der Waals surface area contributed by atoms with Gasteiger partial charge in [-0.15, -0.1) is 0 Å².